The van der Waals surface area contributed by atoms with Crippen molar-refractivity contribution in [2.24, 2.45) is 0 Å². The van der Waals surface area contributed by atoms with Crippen molar-refractivity contribution in [3.8, 4) is 22.8 Å². The van der Waals surface area contributed by atoms with Crippen molar-refractivity contribution in [1.29, 1.82) is 0 Å². The van der Waals surface area contributed by atoms with Gasteiger partial charge in [-0.25, -0.2) is 14.8 Å². The Morgan fingerprint density at radius 3 is 2.69 bits per heavy atom. The number of carboxylic acid groups (broad SMARTS) is 1. The molecule has 0 aliphatic heterocycles. The van der Waals surface area contributed by atoms with E-state index in [1.807, 2.05) is 28.7 Å². The second kappa shape index (κ2) is 6.35. The number of anilines is 1. The molecule has 0 bridgehead atoms. The van der Waals surface area contributed by atoms with Crippen molar-refractivity contribution in [3.63, 3.8) is 0 Å². The molecule has 0 aliphatic rings. The summed E-state index contributed by atoms with van der Waals surface area (Å²) in [5.74, 6) is -0.00688. The van der Waals surface area contributed by atoms with Gasteiger partial charge in [0.05, 0.1) is 21.8 Å². The highest BCUT2D eigenvalue weighted by atomic mass is 35.5. The van der Waals surface area contributed by atoms with Crippen LogP contribution in [0, 0.1) is 0 Å². The van der Waals surface area contributed by atoms with E-state index in [9.17, 15) is 4.79 Å². The Morgan fingerprint density at radius 2 is 1.97 bits per heavy atom. The maximum Gasteiger partial charge on any atom is 0.335 e. The number of benzene rings is 2. The molecule has 5 rings (SSSR count). The van der Waals surface area contributed by atoms with Gasteiger partial charge in [0.1, 0.15) is 22.9 Å². The third kappa shape index (κ3) is 2.71. The highest BCUT2D eigenvalue weighted by Crippen LogP contribution is 2.34. The zero-order valence-corrected chi connectivity index (χ0v) is 15.7. The number of carboxylic acids is 1. The molecular weight excluding hydrogens is 390 g/mol. The molecule has 3 heterocycles. The van der Waals surface area contributed by atoms with Gasteiger partial charge in [-0.3, -0.25) is 4.40 Å². The van der Waals surface area contributed by atoms with Crippen LogP contribution in [0.5, 0.6) is 0 Å². The molecule has 29 heavy (non-hydrogen) atoms. The summed E-state index contributed by atoms with van der Waals surface area (Å²) in [4.78, 5) is 23.5. The lowest BCUT2D eigenvalue weighted by Crippen LogP contribution is -1.97. The highest BCUT2D eigenvalue weighted by molar-refractivity contribution is 6.35. The summed E-state index contributed by atoms with van der Waals surface area (Å²) in [6.45, 7) is 0. The minimum Gasteiger partial charge on any atom is -0.478 e. The van der Waals surface area contributed by atoms with Crippen LogP contribution < -0.4 is 5.73 Å². The number of nitrogens with zero attached hydrogens (tertiary/aromatic N) is 3. The molecule has 0 aliphatic carbocycles. The Balaban J connectivity index is 1.76. The molecule has 0 amide bonds. The lowest BCUT2D eigenvalue weighted by atomic mass is 10.1. The summed E-state index contributed by atoms with van der Waals surface area (Å²) in [5.41, 5.74) is 10.0. The van der Waals surface area contributed by atoms with Gasteiger partial charge in [-0.1, -0.05) is 35.9 Å². The largest absolute Gasteiger partial charge is 0.478 e. The molecule has 0 fully saturated rings. The van der Waals surface area contributed by atoms with Crippen molar-refractivity contribution in [2.75, 3.05) is 5.73 Å². The minimum atomic E-state index is -0.978. The number of imidazole rings is 1. The summed E-state index contributed by atoms with van der Waals surface area (Å²) >= 11 is 6.31. The number of fused-ring (bicyclic) bond motifs is 2. The summed E-state index contributed by atoms with van der Waals surface area (Å²) < 4.78 is 1.85. The number of H-pyrrole nitrogens is 1. The first-order valence-electron chi connectivity index (χ1n) is 8.77. The monoisotopic (exact) mass is 403 g/mol. The molecule has 0 unspecified atom stereocenters. The van der Waals surface area contributed by atoms with Gasteiger partial charge in [0.2, 0.25) is 0 Å². The maximum absolute atomic E-state index is 11.1. The van der Waals surface area contributed by atoms with Gasteiger partial charge in [0, 0.05) is 23.3 Å². The zero-order chi connectivity index (χ0) is 20.1. The lowest BCUT2D eigenvalue weighted by Gasteiger charge is -2.03. The highest BCUT2D eigenvalue weighted by Gasteiger charge is 2.19. The van der Waals surface area contributed by atoms with Gasteiger partial charge in [0.15, 0.2) is 0 Å². The molecule has 0 saturated carbocycles. The van der Waals surface area contributed by atoms with E-state index in [-0.39, 0.29) is 5.56 Å². The second-order valence-corrected chi connectivity index (χ2v) is 6.99. The lowest BCUT2D eigenvalue weighted by molar-refractivity contribution is 0.0697. The topological polar surface area (TPSA) is 109 Å². The second-order valence-electron chi connectivity index (χ2n) is 6.58. The van der Waals surface area contributed by atoms with Gasteiger partial charge in [0.25, 0.3) is 0 Å². The number of carbonyl (C=O) groups is 1. The van der Waals surface area contributed by atoms with E-state index in [1.54, 1.807) is 36.7 Å². The standard InChI is InChI=1S/C21H14ClN5O2/c22-14-3-1-2-13-10-15(25-16(13)14)17-18-19(23)24-8-9-27(18)20(26-17)11-4-6-12(7-5-11)21(28)29/h1-10,25H,(H2,23,24)(H,28,29). The molecule has 2 aromatic carbocycles. The number of rotatable bonds is 3. The molecule has 0 atom stereocenters. The molecule has 3 aromatic heterocycles. The molecule has 142 valence electrons. The predicted molar refractivity (Wildman–Crippen MR) is 112 cm³/mol. The third-order valence-corrected chi connectivity index (χ3v) is 5.15. The van der Waals surface area contributed by atoms with E-state index < -0.39 is 5.97 Å². The molecule has 8 heteroatoms. The van der Waals surface area contributed by atoms with Gasteiger partial charge in [-0.15, -0.1) is 0 Å². The van der Waals surface area contributed by atoms with Gasteiger partial charge in [-0.2, -0.15) is 0 Å². The van der Waals surface area contributed by atoms with Gasteiger partial charge >= 0.3 is 5.97 Å². The van der Waals surface area contributed by atoms with E-state index in [2.05, 4.69) is 9.97 Å². The van der Waals surface area contributed by atoms with Crippen LogP contribution in [0.15, 0.2) is 60.9 Å². The number of aromatic carboxylic acids is 1. The normalized spacial score (nSPS) is 11.3. The number of halogens is 1. The Bertz CT molecular complexity index is 1400. The Kier molecular flexibility index (Phi) is 3.78. The van der Waals surface area contributed by atoms with Crippen LogP contribution in [-0.2, 0) is 0 Å². The van der Waals surface area contributed by atoms with E-state index in [4.69, 9.17) is 27.4 Å². The van der Waals surface area contributed by atoms with E-state index in [0.29, 0.717) is 27.9 Å². The van der Waals surface area contributed by atoms with Crippen molar-refractivity contribution in [2.45, 2.75) is 0 Å². The van der Waals surface area contributed by atoms with Crippen molar-refractivity contribution < 1.29 is 9.90 Å². The molecule has 0 spiro atoms. The van der Waals surface area contributed by atoms with Gasteiger partial charge in [-0.05, 0) is 24.3 Å². The fourth-order valence-corrected chi connectivity index (χ4v) is 3.69. The molecule has 7 nitrogen and oxygen atoms in total. The van der Waals surface area contributed by atoms with Crippen molar-refractivity contribution in [3.05, 3.63) is 71.5 Å². The Morgan fingerprint density at radius 1 is 1.17 bits per heavy atom. The number of aromatic amines is 1. The fraction of sp³-hybridized carbons (Fsp3) is 0. The van der Waals surface area contributed by atoms with Crippen molar-refractivity contribution in [1.82, 2.24) is 19.4 Å². The molecular formula is C21H14ClN5O2. The fourth-order valence-electron chi connectivity index (χ4n) is 3.46. The number of nitrogens with two attached hydrogens (primary N) is 1. The number of hydrogen-bond acceptors (Lipinski definition) is 4. The average molecular weight is 404 g/mol. The third-order valence-electron chi connectivity index (χ3n) is 4.83. The number of aromatic nitrogens is 4. The van der Waals surface area contributed by atoms with Crippen LogP contribution >= 0.6 is 11.6 Å². The summed E-state index contributed by atoms with van der Waals surface area (Å²) in [5, 5.41) is 10.7. The van der Waals surface area contributed by atoms with Crippen LogP contribution in [0.1, 0.15) is 10.4 Å². The first-order chi connectivity index (χ1) is 14.0. The number of nitrogens with one attached hydrogen (secondary N) is 1. The Labute approximate surface area is 169 Å². The number of hydrogen-bond donors (Lipinski definition) is 3. The van der Waals surface area contributed by atoms with E-state index in [0.717, 1.165) is 22.2 Å². The van der Waals surface area contributed by atoms with Crippen LogP contribution in [0.4, 0.5) is 5.82 Å². The van der Waals surface area contributed by atoms with E-state index >= 15 is 0 Å². The van der Waals surface area contributed by atoms with Crippen molar-refractivity contribution >= 4 is 39.8 Å². The SMILES string of the molecule is Nc1nccn2c(-c3ccc(C(=O)O)cc3)nc(-c3cc4cccc(Cl)c4[nH]3)c12. The predicted octanol–water partition coefficient (Wildman–Crippen LogP) is 4.48. The minimum absolute atomic E-state index is 0.210. The summed E-state index contributed by atoms with van der Waals surface area (Å²) in [6.07, 6.45) is 3.38. The van der Waals surface area contributed by atoms with Crippen LogP contribution in [0.3, 0.4) is 0 Å². The van der Waals surface area contributed by atoms with Crippen LogP contribution in [0.2, 0.25) is 5.02 Å². The summed E-state index contributed by atoms with van der Waals surface area (Å²) in [6, 6.07) is 14.2. The quantitative estimate of drug-likeness (QED) is 0.411. The zero-order valence-electron chi connectivity index (χ0n) is 14.9. The van der Waals surface area contributed by atoms with Crippen LogP contribution in [0.25, 0.3) is 39.2 Å². The summed E-state index contributed by atoms with van der Waals surface area (Å²) in [7, 11) is 0. The molecule has 0 radical (unpaired) electrons. The first-order valence-corrected chi connectivity index (χ1v) is 9.14. The van der Waals surface area contributed by atoms with Crippen LogP contribution in [-0.4, -0.2) is 30.4 Å². The average Bonchev–Trinajstić information content (AvgIpc) is 3.31. The molecule has 4 N–H and O–H groups in total. The Hall–Kier alpha value is -3.84. The smallest absolute Gasteiger partial charge is 0.335 e. The number of nitrogen functional groups attached to an aromatic ring is 1. The first kappa shape index (κ1) is 17.3. The molecule has 0 saturated heterocycles. The van der Waals surface area contributed by atoms with Gasteiger partial charge < -0.3 is 15.8 Å². The number of para-hydroxylation sites is 1. The molecule has 5 aromatic rings. The van der Waals surface area contributed by atoms with E-state index in [1.165, 1.54) is 0 Å². The maximum atomic E-state index is 11.1.